The van der Waals surface area contributed by atoms with Crippen LogP contribution in [0.5, 0.6) is 0 Å². The molecule has 0 spiro atoms. The Morgan fingerprint density at radius 3 is 2.32 bits per heavy atom. The minimum Gasteiger partial charge on any atom is -0.310 e. The van der Waals surface area contributed by atoms with Crippen molar-refractivity contribution in [1.82, 2.24) is 5.32 Å². The molecule has 1 N–H and O–H groups in total. The van der Waals surface area contributed by atoms with E-state index in [1.807, 2.05) is 0 Å². The van der Waals surface area contributed by atoms with Crippen LogP contribution >= 0.6 is 0 Å². The van der Waals surface area contributed by atoms with Gasteiger partial charge in [0.15, 0.2) is 0 Å². The number of benzene rings is 1. The monoisotopic (exact) mass is 261 g/mol. The molecule has 0 bridgehead atoms. The first kappa shape index (κ1) is 16.2. The smallest absolute Gasteiger partial charge is 0.0325 e. The molecule has 1 nitrogen and oxygen atoms in total. The zero-order chi connectivity index (χ0) is 14.5. The standard InChI is InChI=1S/C18H31N/c1-7-12-19-17(13-15(3)18(4,5)6)16-11-9-8-10-14(16)2/h8-11,15,17,19H,7,12-13H2,1-6H3. The molecule has 0 aliphatic rings. The lowest BCUT2D eigenvalue weighted by Gasteiger charge is -2.32. The number of hydrogen-bond acceptors (Lipinski definition) is 1. The van der Waals surface area contributed by atoms with Crippen molar-refractivity contribution in [2.45, 2.75) is 60.4 Å². The summed E-state index contributed by atoms with van der Waals surface area (Å²) in [4.78, 5) is 0. The van der Waals surface area contributed by atoms with Gasteiger partial charge in [-0.05, 0) is 48.8 Å². The lowest BCUT2D eigenvalue weighted by atomic mass is 9.77. The SMILES string of the molecule is CCCNC(CC(C)C(C)(C)C)c1ccccc1C. The number of hydrogen-bond donors (Lipinski definition) is 1. The van der Waals surface area contributed by atoms with Gasteiger partial charge in [0.1, 0.15) is 0 Å². The molecule has 2 unspecified atom stereocenters. The van der Waals surface area contributed by atoms with Crippen LogP contribution in [0.3, 0.4) is 0 Å². The third-order valence-corrected chi connectivity index (χ3v) is 4.27. The maximum Gasteiger partial charge on any atom is 0.0325 e. The van der Waals surface area contributed by atoms with Gasteiger partial charge >= 0.3 is 0 Å². The van der Waals surface area contributed by atoms with Gasteiger partial charge in [0.2, 0.25) is 0 Å². The fourth-order valence-corrected chi connectivity index (χ4v) is 2.32. The lowest BCUT2D eigenvalue weighted by Crippen LogP contribution is -2.28. The van der Waals surface area contributed by atoms with Crippen molar-refractivity contribution >= 4 is 0 Å². The van der Waals surface area contributed by atoms with Gasteiger partial charge in [0, 0.05) is 6.04 Å². The summed E-state index contributed by atoms with van der Waals surface area (Å²) in [5.74, 6) is 0.696. The van der Waals surface area contributed by atoms with E-state index in [0.717, 1.165) is 6.54 Å². The van der Waals surface area contributed by atoms with E-state index < -0.39 is 0 Å². The molecule has 1 rings (SSSR count). The van der Waals surface area contributed by atoms with Crippen molar-refractivity contribution in [2.75, 3.05) is 6.54 Å². The molecule has 108 valence electrons. The van der Waals surface area contributed by atoms with Gasteiger partial charge in [-0.25, -0.2) is 0 Å². The van der Waals surface area contributed by atoms with E-state index in [9.17, 15) is 0 Å². The molecule has 2 atom stereocenters. The van der Waals surface area contributed by atoms with Crippen molar-refractivity contribution in [3.05, 3.63) is 35.4 Å². The molecule has 1 aromatic carbocycles. The maximum atomic E-state index is 3.73. The minimum absolute atomic E-state index is 0.370. The average molecular weight is 261 g/mol. The third kappa shape index (κ3) is 4.99. The predicted molar refractivity (Wildman–Crippen MR) is 85.4 cm³/mol. The van der Waals surface area contributed by atoms with Crippen molar-refractivity contribution in [1.29, 1.82) is 0 Å². The fraction of sp³-hybridized carbons (Fsp3) is 0.667. The fourth-order valence-electron chi connectivity index (χ4n) is 2.32. The molecule has 0 saturated heterocycles. The second-order valence-corrected chi connectivity index (χ2v) is 6.87. The van der Waals surface area contributed by atoms with Gasteiger partial charge in [-0.1, -0.05) is 58.9 Å². The first-order valence-electron chi connectivity index (χ1n) is 7.65. The molecule has 0 aliphatic heterocycles. The average Bonchev–Trinajstić information content (AvgIpc) is 2.34. The Bertz CT molecular complexity index is 376. The van der Waals surface area contributed by atoms with Crippen LogP contribution in [0.4, 0.5) is 0 Å². The van der Waals surface area contributed by atoms with Crippen LogP contribution in [0.2, 0.25) is 0 Å². The van der Waals surface area contributed by atoms with Crippen LogP contribution in [-0.4, -0.2) is 6.54 Å². The van der Waals surface area contributed by atoms with Crippen molar-refractivity contribution in [2.24, 2.45) is 11.3 Å². The molecule has 0 amide bonds. The van der Waals surface area contributed by atoms with E-state index in [0.29, 0.717) is 17.4 Å². The topological polar surface area (TPSA) is 12.0 Å². The Hall–Kier alpha value is -0.820. The quantitative estimate of drug-likeness (QED) is 0.750. The zero-order valence-electron chi connectivity index (χ0n) is 13.6. The summed E-state index contributed by atoms with van der Waals surface area (Å²) in [7, 11) is 0. The van der Waals surface area contributed by atoms with Gasteiger partial charge in [0.25, 0.3) is 0 Å². The van der Waals surface area contributed by atoms with E-state index in [2.05, 4.69) is 71.1 Å². The number of nitrogens with one attached hydrogen (secondary N) is 1. The van der Waals surface area contributed by atoms with Crippen LogP contribution in [0.15, 0.2) is 24.3 Å². The second-order valence-electron chi connectivity index (χ2n) is 6.87. The van der Waals surface area contributed by atoms with Crippen LogP contribution in [0.25, 0.3) is 0 Å². The first-order valence-corrected chi connectivity index (χ1v) is 7.65. The summed E-state index contributed by atoms with van der Waals surface area (Å²) in [5, 5.41) is 3.73. The largest absolute Gasteiger partial charge is 0.310 e. The summed E-state index contributed by atoms with van der Waals surface area (Å²) >= 11 is 0. The Morgan fingerprint density at radius 2 is 1.79 bits per heavy atom. The van der Waals surface area contributed by atoms with Crippen molar-refractivity contribution in [3.63, 3.8) is 0 Å². The van der Waals surface area contributed by atoms with Gasteiger partial charge < -0.3 is 5.32 Å². The first-order chi connectivity index (χ1) is 8.86. The predicted octanol–water partition coefficient (Wildman–Crippen LogP) is 5.11. The Kier molecular flexibility index (Phi) is 6.06. The maximum absolute atomic E-state index is 3.73. The minimum atomic E-state index is 0.370. The summed E-state index contributed by atoms with van der Waals surface area (Å²) in [6.07, 6.45) is 2.39. The zero-order valence-corrected chi connectivity index (χ0v) is 13.6. The highest BCUT2D eigenvalue weighted by Crippen LogP contribution is 2.34. The highest BCUT2D eigenvalue weighted by atomic mass is 14.9. The highest BCUT2D eigenvalue weighted by molar-refractivity contribution is 5.28. The number of rotatable bonds is 6. The van der Waals surface area contributed by atoms with Crippen molar-refractivity contribution < 1.29 is 0 Å². The summed E-state index contributed by atoms with van der Waals surface area (Å²) < 4.78 is 0. The molecule has 1 heteroatoms. The second kappa shape index (κ2) is 7.09. The summed E-state index contributed by atoms with van der Waals surface area (Å²) in [6, 6.07) is 9.26. The van der Waals surface area contributed by atoms with Gasteiger partial charge in [-0.2, -0.15) is 0 Å². The normalized spacial score (nSPS) is 15.3. The molecular weight excluding hydrogens is 230 g/mol. The van der Waals surface area contributed by atoms with Crippen LogP contribution in [-0.2, 0) is 0 Å². The van der Waals surface area contributed by atoms with Gasteiger partial charge in [0.05, 0.1) is 0 Å². The Labute approximate surface area is 119 Å². The van der Waals surface area contributed by atoms with Crippen LogP contribution < -0.4 is 5.32 Å². The van der Waals surface area contributed by atoms with E-state index in [-0.39, 0.29) is 0 Å². The summed E-state index contributed by atoms with van der Waals surface area (Å²) in [6.45, 7) is 14.9. The molecule has 0 saturated carbocycles. The van der Waals surface area contributed by atoms with E-state index in [1.54, 1.807) is 0 Å². The molecule has 0 aromatic heterocycles. The van der Waals surface area contributed by atoms with E-state index in [4.69, 9.17) is 0 Å². The van der Waals surface area contributed by atoms with E-state index >= 15 is 0 Å². The Morgan fingerprint density at radius 1 is 1.16 bits per heavy atom. The molecule has 0 fully saturated rings. The van der Waals surface area contributed by atoms with Gasteiger partial charge in [-0.3, -0.25) is 0 Å². The molecule has 0 heterocycles. The van der Waals surface area contributed by atoms with Crippen LogP contribution in [0, 0.1) is 18.3 Å². The summed E-state index contributed by atoms with van der Waals surface area (Å²) in [5.41, 5.74) is 3.23. The molecule has 1 aromatic rings. The van der Waals surface area contributed by atoms with E-state index in [1.165, 1.54) is 24.0 Å². The Balaban J connectivity index is 2.86. The lowest BCUT2D eigenvalue weighted by molar-refractivity contribution is 0.223. The number of aryl methyl sites for hydroxylation is 1. The molecule has 0 radical (unpaired) electrons. The molecule has 19 heavy (non-hydrogen) atoms. The van der Waals surface area contributed by atoms with Crippen molar-refractivity contribution in [3.8, 4) is 0 Å². The van der Waals surface area contributed by atoms with Crippen LogP contribution in [0.1, 0.15) is 64.6 Å². The molecular formula is C18H31N. The van der Waals surface area contributed by atoms with Gasteiger partial charge in [-0.15, -0.1) is 0 Å². The molecule has 0 aliphatic carbocycles. The third-order valence-electron chi connectivity index (χ3n) is 4.27. The highest BCUT2D eigenvalue weighted by Gasteiger charge is 2.24.